The molecule has 0 aliphatic heterocycles. The lowest BCUT2D eigenvalue weighted by atomic mass is 10.2. The molecule has 0 saturated carbocycles. The van der Waals surface area contributed by atoms with E-state index in [9.17, 15) is 9.59 Å². The summed E-state index contributed by atoms with van der Waals surface area (Å²) < 4.78 is 6.49. The molecule has 0 radical (unpaired) electrons. The van der Waals surface area contributed by atoms with Gasteiger partial charge in [0.2, 0.25) is 0 Å². The maximum atomic E-state index is 12.3. The number of hydrogen-bond acceptors (Lipinski definition) is 3. The molecule has 1 heterocycles. The van der Waals surface area contributed by atoms with Crippen LogP contribution in [0.15, 0.2) is 60.7 Å². The Kier molecular flexibility index (Phi) is 3.94. The quantitative estimate of drug-likeness (QED) is 0.681. The summed E-state index contributed by atoms with van der Waals surface area (Å²) in [5.41, 5.74) is 1.55. The van der Waals surface area contributed by atoms with Gasteiger partial charge in [-0.3, -0.25) is 4.79 Å². The van der Waals surface area contributed by atoms with Gasteiger partial charge in [0.15, 0.2) is 0 Å². The number of fused-ring (bicyclic) bond motifs is 1. The van der Waals surface area contributed by atoms with Crippen LogP contribution in [0.5, 0.6) is 0 Å². The summed E-state index contributed by atoms with van der Waals surface area (Å²) in [6.07, 6.45) is -0.631. The highest BCUT2D eigenvalue weighted by Crippen LogP contribution is 2.21. The summed E-state index contributed by atoms with van der Waals surface area (Å²) in [6.45, 7) is 0.127. The van der Waals surface area contributed by atoms with Crippen molar-refractivity contribution in [1.82, 2.24) is 4.57 Å². The van der Waals surface area contributed by atoms with Crippen molar-refractivity contribution in [3.8, 4) is 0 Å². The predicted octanol–water partition coefficient (Wildman–Crippen LogP) is 4.21. The number of para-hydroxylation sites is 1. The summed E-state index contributed by atoms with van der Waals surface area (Å²) in [5, 5.41) is 0.0519. The lowest BCUT2D eigenvalue weighted by Crippen LogP contribution is -2.17. The van der Waals surface area contributed by atoms with Gasteiger partial charge in [0.05, 0.1) is 5.52 Å². The molecule has 0 bridgehead atoms. The third kappa shape index (κ3) is 2.73. The van der Waals surface area contributed by atoms with Gasteiger partial charge in [-0.1, -0.05) is 48.5 Å². The van der Waals surface area contributed by atoms with Crippen LogP contribution in [0.2, 0.25) is 0 Å². The molecule has 3 aromatic rings. The highest BCUT2D eigenvalue weighted by molar-refractivity contribution is 6.67. The van der Waals surface area contributed by atoms with E-state index >= 15 is 0 Å². The summed E-state index contributed by atoms with van der Waals surface area (Å²) in [4.78, 5) is 23.9. The van der Waals surface area contributed by atoms with Crippen molar-refractivity contribution in [2.45, 2.75) is 6.61 Å². The van der Waals surface area contributed by atoms with Crippen LogP contribution in [0.4, 0.5) is 4.79 Å². The molecule has 5 heteroatoms. The molecule has 2 aromatic carbocycles. The lowest BCUT2D eigenvalue weighted by Gasteiger charge is -2.08. The van der Waals surface area contributed by atoms with Crippen LogP contribution >= 0.6 is 11.6 Å². The number of rotatable bonds is 3. The maximum absolute atomic E-state index is 12.3. The first-order valence-corrected chi connectivity index (χ1v) is 7.06. The van der Waals surface area contributed by atoms with Gasteiger partial charge in [-0.15, -0.1) is 0 Å². The molecule has 0 aliphatic rings. The van der Waals surface area contributed by atoms with Crippen LogP contribution in [-0.2, 0) is 11.3 Å². The van der Waals surface area contributed by atoms with Gasteiger partial charge in [0.1, 0.15) is 12.3 Å². The Hall–Kier alpha value is -2.59. The average Bonchev–Trinajstić information content (AvgIpc) is 2.93. The highest BCUT2D eigenvalue weighted by atomic mass is 35.5. The number of carbonyl (C=O) groups is 2. The number of carbonyl (C=O) groups excluding carboxylic acids is 2. The normalized spacial score (nSPS) is 10.6. The largest absolute Gasteiger partial charge is 0.444 e. The molecule has 1 aromatic heterocycles. The molecular weight excluding hydrogens is 302 g/mol. The van der Waals surface area contributed by atoms with Gasteiger partial charge in [-0.2, -0.15) is 0 Å². The van der Waals surface area contributed by atoms with E-state index in [1.165, 1.54) is 4.57 Å². The zero-order valence-electron chi connectivity index (χ0n) is 11.5. The van der Waals surface area contributed by atoms with E-state index in [4.69, 9.17) is 16.3 Å². The summed E-state index contributed by atoms with van der Waals surface area (Å²) in [7, 11) is 0. The standard InChI is InChI=1S/C17H12ClNO3/c18-16(20)15-10-13-8-4-5-9-14(13)19(15)17(21)22-11-12-6-2-1-3-7-12/h1-10H,11H2. The molecule has 0 unspecified atom stereocenters. The Labute approximate surface area is 131 Å². The Balaban J connectivity index is 1.93. The predicted molar refractivity (Wildman–Crippen MR) is 84.1 cm³/mol. The van der Waals surface area contributed by atoms with Crippen molar-refractivity contribution in [1.29, 1.82) is 0 Å². The van der Waals surface area contributed by atoms with Gasteiger partial charge in [0, 0.05) is 5.39 Å². The highest BCUT2D eigenvalue weighted by Gasteiger charge is 2.19. The van der Waals surface area contributed by atoms with Crippen molar-refractivity contribution in [3.05, 3.63) is 71.9 Å². The van der Waals surface area contributed by atoms with Crippen molar-refractivity contribution in [2.24, 2.45) is 0 Å². The maximum Gasteiger partial charge on any atom is 0.419 e. The van der Waals surface area contributed by atoms with Gasteiger partial charge in [-0.25, -0.2) is 9.36 Å². The Bertz CT molecular complexity index is 839. The Morgan fingerprint density at radius 1 is 1.00 bits per heavy atom. The van der Waals surface area contributed by atoms with Crippen molar-refractivity contribution >= 4 is 33.8 Å². The topological polar surface area (TPSA) is 48.3 Å². The third-order valence-corrected chi connectivity index (χ3v) is 3.49. The van der Waals surface area contributed by atoms with Crippen LogP contribution in [0.25, 0.3) is 10.9 Å². The molecule has 0 atom stereocenters. The lowest BCUT2D eigenvalue weighted by molar-refractivity contribution is 0.106. The van der Waals surface area contributed by atoms with E-state index in [-0.39, 0.29) is 12.3 Å². The number of benzene rings is 2. The molecule has 3 rings (SSSR count). The van der Waals surface area contributed by atoms with E-state index in [1.807, 2.05) is 36.4 Å². The van der Waals surface area contributed by atoms with Gasteiger partial charge < -0.3 is 4.74 Å². The van der Waals surface area contributed by atoms with E-state index in [1.54, 1.807) is 24.3 Å². The van der Waals surface area contributed by atoms with Crippen LogP contribution in [0.1, 0.15) is 16.1 Å². The molecule has 110 valence electrons. The second kappa shape index (κ2) is 6.03. The second-order valence-corrected chi connectivity index (χ2v) is 5.08. The first-order valence-electron chi connectivity index (χ1n) is 6.68. The van der Waals surface area contributed by atoms with Gasteiger partial charge in [0.25, 0.3) is 5.24 Å². The monoisotopic (exact) mass is 313 g/mol. The minimum Gasteiger partial charge on any atom is -0.444 e. The van der Waals surface area contributed by atoms with Crippen LogP contribution < -0.4 is 0 Å². The zero-order valence-corrected chi connectivity index (χ0v) is 12.3. The molecule has 0 amide bonds. The van der Waals surface area contributed by atoms with E-state index in [0.717, 1.165) is 10.9 Å². The molecule has 0 saturated heterocycles. The number of aromatic nitrogens is 1. The fourth-order valence-corrected chi connectivity index (χ4v) is 2.42. The molecule has 22 heavy (non-hydrogen) atoms. The Morgan fingerprint density at radius 3 is 2.41 bits per heavy atom. The SMILES string of the molecule is O=C(Cl)c1cc2ccccc2n1C(=O)OCc1ccccc1. The molecule has 0 aliphatic carbocycles. The number of nitrogens with zero attached hydrogens (tertiary/aromatic N) is 1. The van der Waals surface area contributed by atoms with Crippen molar-refractivity contribution in [3.63, 3.8) is 0 Å². The average molecular weight is 314 g/mol. The number of halogens is 1. The van der Waals surface area contributed by atoms with Gasteiger partial charge >= 0.3 is 6.09 Å². The molecule has 0 N–H and O–H groups in total. The van der Waals surface area contributed by atoms with E-state index in [2.05, 4.69) is 0 Å². The van der Waals surface area contributed by atoms with Crippen molar-refractivity contribution in [2.75, 3.05) is 0 Å². The van der Waals surface area contributed by atoms with Gasteiger partial charge in [-0.05, 0) is 29.3 Å². The Morgan fingerprint density at radius 2 is 1.68 bits per heavy atom. The molecular formula is C17H12ClNO3. The smallest absolute Gasteiger partial charge is 0.419 e. The van der Waals surface area contributed by atoms with E-state index < -0.39 is 11.3 Å². The van der Waals surface area contributed by atoms with Crippen molar-refractivity contribution < 1.29 is 14.3 Å². The zero-order chi connectivity index (χ0) is 15.5. The van der Waals surface area contributed by atoms with E-state index in [0.29, 0.717) is 5.52 Å². The molecule has 0 fully saturated rings. The minimum atomic E-state index is -0.701. The van der Waals surface area contributed by atoms with Crippen LogP contribution in [-0.4, -0.2) is 15.9 Å². The first kappa shape index (κ1) is 14.4. The molecule has 0 spiro atoms. The second-order valence-electron chi connectivity index (χ2n) is 4.74. The third-order valence-electron chi connectivity index (χ3n) is 3.30. The fourth-order valence-electron chi connectivity index (χ4n) is 2.28. The first-order chi connectivity index (χ1) is 10.7. The summed E-state index contributed by atoms with van der Waals surface area (Å²) in [6, 6.07) is 18.1. The van der Waals surface area contributed by atoms with Crippen LogP contribution in [0.3, 0.4) is 0 Å². The van der Waals surface area contributed by atoms with Crippen LogP contribution in [0, 0.1) is 0 Å². The summed E-state index contributed by atoms with van der Waals surface area (Å²) >= 11 is 5.57. The molecule has 4 nitrogen and oxygen atoms in total. The number of ether oxygens (including phenoxy) is 1. The minimum absolute atomic E-state index is 0.0981. The summed E-state index contributed by atoms with van der Waals surface area (Å²) in [5.74, 6) is 0. The number of hydrogen-bond donors (Lipinski definition) is 0. The fraction of sp³-hybridized carbons (Fsp3) is 0.0588.